The zero-order chi connectivity index (χ0) is 40.3. The largest absolute Gasteiger partial charge is 0.311 e. The van der Waals surface area contributed by atoms with E-state index in [-0.39, 0.29) is 0 Å². The van der Waals surface area contributed by atoms with Gasteiger partial charge in [-0.3, -0.25) is 0 Å². The third kappa shape index (κ3) is 6.18. The van der Waals surface area contributed by atoms with Crippen LogP contribution in [0.25, 0.3) is 91.8 Å². The molecule has 12 aromatic rings. The van der Waals surface area contributed by atoms with Crippen LogP contribution >= 0.6 is 11.3 Å². The van der Waals surface area contributed by atoms with E-state index in [1.165, 1.54) is 86.1 Å². The fourth-order valence-electron chi connectivity index (χ4n) is 9.13. The maximum Gasteiger partial charge on any atom is 0.0541 e. The van der Waals surface area contributed by atoms with Crippen molar-refractivity contribution in [3.05, 3.63) is 231 Å². The van der Waals surface area contributed by atoms with Crippen LogP contribution < -0.4 is 4.90 Å². The first-order chi connectivity index (χ1) is 30.2. The number of thiophene rings is 1. The minimum Gasteiger partial charge on any atom is -0.311 e. The first kappa shape index (κ1) is 35.2. The summed E-state index contributed by atoms with van der Waals surface area (Å²) in [5, 5.41) is 7.68. The van der Waals surface area contributed by atoms with Crippen molar-refractivity contribution in [3.63, 3.8) is 0 Å². The minimum absolute atomic E-state index is 1.09. The zero-order valence-corrected chi connectivity index (χ0v) is 34.1. The van der Waals surface area contributed by atoms with Crippen LogP contribution in [0.4, 0.5) is 17.1 Å². The molecule has 0 aliphatic heterocycles. The SMILES string of the molecule is c1ccc2cc(-c3ccc(-c4ccc(N(c5ccc(-c6ccc7sc8ccccc8c7c6)cc5)c5ccc(-n6c7ccccc7c7ccccc76)cc5)cc4)cc3)ccc2c1. The molecule has 0 saturated carbocycles. The average Bonchev–Trinajstić information content (AvgIpc) is 3.88. The predicted octanol–water partition coefficient (Wildman–Crippen LogP) is 16.8. The van der Waals surface area contributed by atoms with Gasteiger partial charge in [0, 0.05) is 53.7 Å². The van der Waals surface area contributed by atoms with Crippen LogP contribution in [0.5, 0.6) is 0 Å². The number of benzene rings is 10. The Kier molecular flexibility index (Phi) is 8.39. The number of hydrogen-bond donors (Lipinski definition) is 0. The molecule has 286 valence electrons. The van der Waals surface area contributed by atoms with E-state index in [1.54, 1.807) is 0 Å². The number of nitrogens with zero attached hydrogens (tertiary/aromatic N) is 2. The Labute approximate surface area is 358 Å². The molecule has 0 aliphatic carbocycles. The Morgan fingerprint density at radius 2 is 0.721 bits per heavy atom. The molecule has 0 atom stereocenters. The lowest BCUT2D eigenvalue weighted by Crippen LogP contribution is -2.10. The molecule has 12 rings (SSSR count). The van der Waals surface area contributed by atoms with Crippen molar-refractivity contribution in [1.29, 1.82) is 0 Å². The molecule has 0 bridgehead atoms. The third-order valence-electron chi connectivity index (χ3n) is 12.2. The number of aromatic nitrogens is 1. The van der Waals surface area contributed by atoms with Crippen LogP contribution in [-0.4, -0.2) is 4.57 Å². The summed E-state index contributed by atoms with van der Waals surface area (Å²) >= 11 is 1.86. The van der Waals surface area contributed by atoms with Crippen molar-refractivity contribution in [3.8, 4) is 39.1 Å². The third-order valence-corrected chi connectivity index (χ3v) is 13.4. The Bertz CT molecular complexity index is 3500. The highest BCUT2D eigenvalue weighted by Gasteiger charge is 2.16. The van der Waals surface area contributed by atoms with E-state index in [1.807, 2.05) is 11.3 Å². The molecule has 2 aromatic heterocycles. The Hall–Kier alpha value is -7.72. The lowest BCUT2D eigenvalue weighted by atomic mass is 9.98. The molecule has 0 unspecified atom stereocenters. The second kappa shape index (κ2) is 14.5. The highest BCUT2D eigenvalue weighted by Crippen LogP contribution is 2.40. The van der Waals surface area contributed by atoms with Crippen molar-refractivity contribution >= 4 is 81.1 Å². The highest BCUT2D eigenvalue weighted by atomic mass is 32.1. The smallest absolute Gasteiger partial charge is 0.0541 e. The summed E-state index contributed by atoms with van der Waals surface area (Å²) in [5.41, 5.74) is 14.1. The fraction of sp³-hybridized carbons (Fsp3) is 0. The Morgan fingerprint density at radius 1 is 0.295 bits per heavy atom. The van der Waals surface area contributed by atoms with Crippen molar-refractivity contribution in [2.24, 2.45) is 0 Å². The number of fused-ring (bicyclic) bond motifs is 7. The van der Waals surface area contributed by atoms with Gasteiger partial charge in [-0.25, -0.2) is 0 Å². The maximum atomic E-state index is 2.38. The summed E-state index contributed by atoms with van der Waals surface area (Å²) in [6, 6.07) is 84.2. The summed E-state index contributed by atoms with van der Waals surface area (Å²) in [6.07, 6.45) is 0. The van der Waals surface area contributed by atoms with E-state index in [9.17, 15) is 0 Å². The summed E-state index contributed by atoms with van der Waals surface area (Å²) in [6.45, 7) is 0. The van der Waals surface area contributed by atoms with E-state index in [0.717, 1.165) is 22.7 Å². The zero-order valence-electron chi connectivity index (χ0n) is 33.2. The van der Waals surface area contributed by atoms with Crippen molar-refractivity contribution in [2.75, 3.05) is 4.90 Å². The van der Waals surface area contributed by atoms with Gasteiger partial charge in [0.05, 0.1) is 11.0 Å². The predicted molar refractivity (Wildman–Crippen MR) is 262 cm³/mol. The monoisotopic (exact) mass is 794 g/mol. The van der Waals surface area contributed by atoms with Crippen molar-refractivity contribution < 1.29 is 0 Å². The van der Waals surface area contributed by atoms with E-state index >= 15 is 0 Å². The molecule has 10 aromatic carbocycles. The van der Waals surface area contributed by atoms with Crippen LogP contribution in [-0.2, 0) is 0 Å². The summed E-state index contributed by atoms with van der Waals surface area (Å²) in [4.78, 5) is 2.36. The van der Waals surface area contributed by atoms with Gasteiger partial charge < -0.3 is 9.47 Å². The summed E-state index contributed by atoms with van der Waals surface area (Å²) < 4.78 is 5.02. The van der Waals surface area contributed by atoms with Gasteiger partial charge in [-0.1, -0.05) is 146 Å². The highest BCUT2D eigenvalue weighted by molar-refractivity contribution is 7.25. The van der Waals surface area contributed by atoms with Gasteiger partial charge >= 0.3 is 0 Å². The second-order valence-corrected chi connectivity index (χ2v) is 16.8. The molecule has 2 heterocycles. The molecule has 0 spiro atoms. The molecule has 0 aliphatic rings. The number of para-hydroxylation sites is 2. The summed E-state index contributed by atoms with van der Waals surface area (Å²) in [5.74, 6) is 0. The van der Waals surface area contributed by atoms with E-state index in [2.05, 4.69) is 240 Å². The topological polar surface area (TPSA) is 8.17 Å². The van der Waals surface area contributed by atoms with Gasteiger partial charge in [0.1, 0.15) is 0 Å². The van der Waals surface area contributed by atoms with Crippen LogP contribution in [0.3, 0.4) is 0 Å². The molecule has 0 fully saturated rings. The number of rotatable bonds is 7. The summed E-state index contributed by atoms with van der Waals surface area (Å²) in [7, 11) is 0. The lowest BCUT2D eigenvalue weighted by Gasteiger charge is -2.26. The van der Waals surface area contributed by atoms with Crippen LogP contribution in [0.15, 0.2) is 231 Å². The van der Waals surface area contributed by atoms with E-state index in [4.69, 9.17) is 0 Å². The van der Waals surface area contributed by atoms with E-state index in [0.29, 0.717) is 0 Å². The standard InChI is InChI=1S/C58H38N2S/c1-2-10-44-37-45(22-21-39(44)9-1)42-19-17-40(18-20-42)41-23-28-47(29-24-41)59(48-30-25-43(26-31-48)46-27-36-58-54(38-46)53-13-5-8-16-57(53)61-58)49-32-34-50(35-33-49)60-55-14-6-3-11-51(55)52-12-4-7-15-56(52)60/h1-38H. The molecule has 0 radical (unpaired) electrons. The number of hydrogen-bond acceptors (Lipinski definition) is 2. The van der Waals surface area contributed by atoms with Crippen molar-refractivity contribution in [2.45, 2.75) is 0 Å². The Balaban J connectivity index is 0.906. The molecule has 0 saturated heterocycles. The molecular weight excluding hydrogens is 757 g/mol. The first-order valence-electron chi connectivity index (χ1n) is 20.8. The molecule has 61 heavy (non-hydrogen) atoms. The first-order valence-corrected chi connectivity index (χ1v) is 21.6. The maximum absolute atomic E-state index is 2.38. The lowest BCUT2D eigenvalue weighted by molar-refractivity contribution is 1.17. The van der Waals surface area contributed by atoms with Gasteiger partial charge in [-0.2, -0.15) is 0 Å². The molecule has 0 amide bonds. The van der Waals surface area contributed by atoms with Gasteiger partial charge in [-0.15, -0.1) is 11.3 Å². The quantitative estimate of drug-likeness (QED) is 0.156. The number of anilines is 3. The normalized spacial score (nSPS) is 11.6. The molecular formula is C58H38N2S. The molecule has 2 nitrogen and oxygen atoms in total. The van der Waals surface area contributed by atoms with Crippen LogP contribution in [0, 0.1) is 0 Å². The van der Waals surface area contributed by atoms with Gasteiger partial charge in [0.25, 0.3) is 0 Å². The second-order valence-electron chi connectivity index (χ2n) is 15.8. The van der Waals surface area contributed by atoms with Crippen LogP contribution in [0.1, 0.15) is 0 Å². The van der Waals surface area contributed by atoms with Gasteiger partial charge in [0.15, 0.2) is 0 Å². The van der Waals surface area contributed by atoms with Crippen molar-refractivity contribution in [1.82, 2.24) is 4.57 Å². The van der Waals surface area contributed by atoms with Crippen LogP contribution in [0.2, 0.25) is 0 Å². The average molecular weight is 795 g/mol. The van der Waals surface area contributed by atoms with E-state index < -0.39 is 0 Å². The van der Waals surface area contributed by atoms with Gasteiger partial charge in [0.2, 0.25) is 0 Å². The molecule has 3 heteroatoms. The fourth-order valence-corrected chi connectivity index (χ4v) is 10.2. The van der Waals surface area contributed by atoms with Gasteiger partial charge in [-0.05, 0) is 129 Å². The Morgan fingerprint density at radius 3 is 1.34 bits per heavy atom. The minimum atomic E-state index is 1.09. The molecule has 0 N–H and O–H groups in total.